The number of para-hydroxylation sites is 1. The predicted octanol–water partition coefficient (Wildman–Crippen LogP) is 4.03. The van der Waals surface area contributed by atoms with E-state index in [1.54, 1.807) is 24.3 Å². The second kappa shape index (κ2) is 7.04. The molecule has 0 saturated carbocycles. The summed E-state index contributed by atoms with van der Waals surface area (Å²) in [6.45, 7) is 9.39. The Kier molecular flexibility index (Phi) is 5.42. The molecule has 3 atom stereocenters. The Hall–Kier alpha value is -2.08. The van der Waals surface area contributed by atoms with Gasteiger partial charge in [0.15, 0.2) is 5.78 Å². The number of carbonyl (C=O) groups excluding carboxylic acids is 1. The first-order chi connectivity index (χ1) is 11.6. The standard InChI is InChI=1S/C19H28N2O4/c1-6-12(14(7-2)20(18(23)24)19(3,4)5)16-17(22)13-10-8-9-11-15(13)21(16)25/h8-12,14,16,25H,6-7H2,1-5H3,(H,23,24)/t12-,14+,16?/m1/s1. The highest BCUT2D eigenvalue weighted by atomic mass is 16.5. The molecule has 1 aliphatic rings. The van der Waals surface area contributed by atoms with Gasteiger partial charge in [0.1, 0.15) is 6.04 Å². The lowest BCUT2D eigenvalue weighted by Crippen LogP contribution is -2.57. The normalized spacial score (nSPS) is 19.5. The van der Waals surface area contributed by atoms with Crippen LogP contribution in [0, 0.1) is 5.92 Å². The summed E-state index contributed by atoms with van der Waals surface area (Å²) in [6, 6.07) is 5.81. The van der Waals surface area contributed by atoms with Crippen LogP contribution in [-0.2, 0) is 0 Å². The van der Waals surface area contributed by atoms with E-state index in [0.717, 1.165) is 5.06 Å². The summed E-state index contributed by atoms with van der Waals surface area (Å²) in [4.78, 5) is 26.3. The Bertz CT molecular complexity index is 653. The topological polar surface area (TPSA) is 81.1 Å². The van der Waals surface area contributed by atoms with Gasteiger partial charge in [-0.05, 0) is 45.7 Å². The molecule has 1 amide bonds. The number of benzene rings is 1. The van der Waals surface area contributed by atoms with Crippen LogP contribution in [0.4, 0.5) is 10.5 Å². The number of carboxylic acid groups (broad SMARTS) is 1. The van der Waals surface area contributed by atoms with Gasteiger partial charge in [0.25, 0.3) is 0 Å². The van der Waals surface area contributed by atoms with E-state index in [9.17, 15) is 19.9 Å². The van der Waals surface area contributed by atoms with Gasteiger partial charge in [0, 0.05) is 23.1 Å². The monoisotopic (exact) mass is 348 g/mol. The summed E-state index contributed by atoms with van der Waals surface area (Å²) in [5, 5.41) is 21.4. The van der Waals surface area contributed by atoms with Crippen LogP contribution < -0.4 is 5.06 Å². The molecule has 2 N–H and O–H groups in total. The number of Topliss-reactive ketones (excluding diaryl/α,β-unsaturated/α-hetero) is 1. The van der Waals surface area contributed by atoms with Gasteiger partial charge in [0.05, 0.1) is 5.69 Å². The second-order valence-corrected chi connectivity index (χ2v) is 7.54. The van der Waals surface area contributed by atoms with Crippen molar-refractivity contribution in [2.45, 2.75) is 65.1 Å². The van der Waals surface area contributed by atoms with Crippen LogP contribution in [0.2, 0.25) is 0 Å². The lowest BCUT2D eigenvalue weighted by Gasteiger charge is -2.44. The van der Waals surface area contributed by atoms with E-state index >= 15 is 0 Å². The average Bonchev–Trinajstić information content (AvgIpc) is 2.78. The fraction of sp³-hybridized carbons (Fsp3) is 0.579. The number of anilines is 1. The maximum absolute atomic E-state index is 12.9. The molecule has 25 heavy (non-hydrogen) atoms. The van der Waals surface area contributed by atoms with E-state index in [2.05, 4.69) is 0 Å². The van der Waals surface area contributed by atoms with Crippen molar-refractivity contribution in [2.75, 3.05) is 5.06 Å². The molecular weight excluding hydrogens is 320 g/mol. The van der Waals surface area contributed by atoms with Crippen LogP contribution in [0.3, 0.4) is 0 Å². The molecule has 6 heteroatoms. The number of hydrogen-bond donors (Lipinski definition) is 2. The Morgan fingerprint density at radius 2 is 1.84 bits per heavy atom. The zero-order valence-corrected chi connectivity index (χ0v) is 15.6. The van der Waals surface area contributed by atoms with Crippen molar-refractivity contribution in [3.8, 4) is 0 Å². The number of carbonyl (C=O) groups is 2. The first kappa shape index (κ1) is 19.2. The van der Waals surface area contributed by atoms with E-state index < -0.39 is 17.7 Å². The van der Waals surface area contributed by atoms with Gasteiger partial charge in [-0.2, -0.15) is 0 Å². The van der Waals surface area contributed by atoms with Crippen LogP contribution in [0.25, 0.3) is 0 Å². The molecule has 2 rings (SSSR count). The molecule has 1 heterocycles. The third-order valence-corrected chi connectivity index (χ3v) is 5.00. The zero-order chi connectivity index (χ0) is 18.9. The zero-order valence-electron chi connectivity index (χ0n) is 15.6. The third-order valence-electron chi connectivity index (χ3n) is 5.00. The molecule has 0 fully saturated rings. The van der Waals surface area contributed by atoms with Crippen molar-refractivity contribution in [3.05, 3.63) is 29.8 Å². The molecule has 1 unspecified atom stereocenters. The lowest BCUT2D eigenvalue weighted by molar-refractivity contribution is 0.0305. The van der Waals surface area contributed by atoms with Crippen LogP contribution in [0.15, 0.2) is 24.3 Å². The van der Waals surface area contributed by atoms with Crippen LogP contribution in [-0.4, -0.2) is 44.7 Å². The van der Waals surface area contributed by atoms with Crippen molar-refractivity contribution in [2.24, 2.45) is 5.92 Å². The molecule has 1 aliphatic heterocycles. The van der Waals surface area contributed by atoms with E-state index in [-0.39, 0.29) is 17.7 Å². The van der Waals surface area contributed by atoms with E-state index in [0.29, 0.717) is 24.1 Å². The molecular formula is C19H28N2O4. The van der Waals surface area contributed by atoms with Crippen molar-refractivity contribution in [1.82, 2.24) is 4.90 Å². The highest BCUT2D eigenvalue weighted by Crippen LogP contribution is 2.38. The quantitative estimate of drug-likeness (QED) is 0.839. The summed E-state index contributed by atoms with van der Waals surface area (Å²) in [6.07, 6.45) is 0.140. The maximum Gasteiger partial charge on any atom is 0.407 e. The maximum atomic E-state index is 12.9. The number of amides is 1. The number of nitrogens with zero attached hydrogens (tertiary/aromatic N) is 2. The lowest BCUT2D eigenvalue weighted by atomic mass is 9.83. The molecule has 1 aromatic rings. The number of hydroxylamine groups is 1. The van der Waals surface area contributed by atoms with Crippen LogP contribution in [0.1, 0.15) is 57.8 Å². The van der Waals surface area contributed by atoms with Crippen LogP contribution >= 0.6 is 0 Å². The number of fused-ring (bicyclic) bond motifs is 1. The fourth-order valence-corrected chi connectivity index (χ4v) is 3.99. The first-order valence-corrected chi connectivity index (χ1v) is 8.78. The Morgan fingerprint density at radius 3 is 2.28 bits per heavy atom. The van der Waals surface area contributed by atoms with Crippen molar-refractivity contribution in [1.29, 1.82) is 0 Å². The summed E-state index contributed by atoms with van der Waals surface area (Å²) in [5.41, 5.74) is 0.374. The summed E-state index contributed by atoms with van der Waals surface area (Å²) in [5.74, 6) is -0.465. The summed E-state index contributed by atoms with van der Waals surface area (Å²) < 4.78 is 0. The molecule has 0 aliphatic carbocycles. The van der Waals surface area contributed by atoms with Gasteiger partial charge in [-0.25, -0.2) is 9.86 Å². The van der Waals surface area contributed by atoms with E-state index in [4.69, 9.17) is 0 Å². The molecule has 0 spiro atoms. The highest BCUT2D eigenvalue weighted by Gasteiger charge is 2.47. The molecule has 0 saturated heterocycles. The van der Waals surface area contributed by atoms with Gasteiger partial charge >= 0.3 is 6.09 Å². The van der Waals surface area contributed by atoms with Gasteiger partial charge < -0.3 is 10.0 Å². The second-order valence-electron chi connectivity index (χ2n) is 7.54. The average molecular weight is 348 g/mol. The van der Waals surface area contributed by atoms with Crippen molar-refractivity contribution in [3.63, 3.8) is 0 Å². The molecule has 0 radical (unpaired) electrons. The molecule has 138 valence electrons. The Labute approximate surface area is 149 Å². The molecule has 0 aromatic heterocycles. The van der Waals surface area contributed by atoms with Gasteiger partial charge in [0.2, 0.25) is 0 Å². The van der Waals surface area contributed by atoms with E-state index in [1.807, 2.05) is 34.6 Å². The smallest absolute Gasteiger partial charge is 0.407 e. The molecule has 1 aromatic carbocycles. The number of rotatable bonds is 5. The van der Waals surface area contributed by atoms with Crippen molar-refractivity contribution >= 4 is 17.6 Å². The minimum Gasteiger partial charge on any atom is -0.465 e. The minimum absolute atomic E-state index is 0.150. The van der Waals surface area contributed by atoms with Gasteiger partial charge in [-0.1, -0.05) is 26.0 Å². The fourth-order valence-electron chi connectivity index (χ4n) is 3.99. The SMILES string of the molecule is CC[C@@H](C1C(=O)c2ccccc2N1O)[C@H](CC)N(C(=O)O)C(C)(C)C. The van der Waals surface area contributed by atoms with Gasteiger partial charge in [-0.3, -0.25) is 10.0 Å². The Morgan fingerprint density at radius 1 is 1.24 bits per heavy atom. The highest BCUT2D eigenvalue weighted by molar-refractivity contribution is 6.10. The third kappa shape index (κ3) is 3.35. The number of hydrogen-bond acceptors (Lipinski definition) is 4. The molecule has 0 bridgehead atoms. The summed E-state index contributed by atoms with van der Waals surface area (Å²) >= 11 is 0. The summed E-state index contributed by atoms with van der Waals surface area (Å²) in [7, 11) is 0. The first-order valence-electron chi connectivity index (χ1n) is 8.78. The van der Waals surface area contributed by atoms with Crippen molar-refractivity contribution < 1.29 is 19.9 Å². The molecule has 6 nitrogen and oxygen atoms in total. The number of ketones is 1. The minimum atomic E-state index is -1.01. The largest absolute Gasteiger partial charge is 0.465 e. The van der Waals surface area contributed by atoms with E-state index in [1.165, 1.54) is 4.90 Å². The van der Waals surface area contributed by atoms with Crippen LogP contribution in [0.5, 0.6) is 0 Å². The van der Waals surface area contributed by atoms with Gasteiger partial charge in [-0.15, -0.1) is 0 Å². The Balaban J connectivity index is 2.44. The predicted molar refractivity (Wildman–Crippen MR) is 96.3 cm³/mol.